The average molecular weight is 435 g/mol. The molecule has 2 aromatic heterocycles. The molecule has 1 amide bonds. The number of hydrogen-bond acceptors (Lipinski definition) is 7. The smallest absolute Gasteiger partial charge is 0.410 e. The summed E-state index contributed by atoms with van der Waals surface area (Å²) in [6.45, 7) is 15.0. The number of anilines is 1. The van der Waals surface area contributed by atoms with E-state index >= 15 is 0 Å². The minimum Gasteiger partial charge on any atom is -0.444 e. The van der Waals surface area contributed by atoms with Gasteiger partial charge in [-0.05, 0) is 33.2 Å². The number of fused-ring (bicyclic) bond motifs is 1. The second kappa shape index (κ2) is 8.89. The summed E-state index contributed by atoms with van der Waals surface area (Å²) >= 11 is 0. The van der Waals surface area contributed by atoms with Crippen LogP contribution in [0.3, 0.4) is 0 Å². The van der Waals surface area contributed by atoms with Crippen LogP contribution in [0.15, 0.2) is 12.5 Å². The van der Waals surface area contributed by atoms with E-state index in [1.807, 2.05) is 20.8 Å². The number of ether oxygens (including phenoxy) is 2. The Bertz CT molecular complexity index is 874. The minimum atomic E-state index is -1.12. The van der Waals surface area contributed by atoms with Gasteiger partial charge < -0.3 is 19.7 Å². The number of carbonyl (C=O) groups is 1. The van der Waals surface area contributed by atoms with Gasteiger partial charge in [-0.2, -0.15) is 5.10 Å². The van der Waals surface area contributed by atoms with Crippen molar-refractivity contribution >= 4 is 31.0 Å². The Labute approximate surface area is 179 Å². The molecule has 30 heavy (non-hydrogen) atoms. The summed E-state index contributed by atoms with van der Waals surface area (Å²) in [5, 5.41) is 8.72. The molecule has 0 spiro atoms. The molecule has 1 saturated heterocycles. The van der Waals surface area contributed by atoms with Crippen LogP contribution in [-0.2, 0) is 16.2 Å². The third-order valence-corrected chi connectivity index (χ3v) is 6.53. The molecule has 3 heterocycles. The van der Waals surface area contributed by atoms with Crippen molar-refractivity contribution in [2.45, 2.75) is 71.3 Å². The van der Waals surface area contributed by atoms with E-state index in [-0.39, 0.29) is 12.1 Å². The second-order valence-corrected chi connectivity index (χ2v) is 15.6. The van der Waals surface area contributed by atoms with Gasteiger partial charge in [-0.3, -0.25) is 0 Å². The maximum absolute atomic E-state index is 12.3. The first-order chi connectivity index (χ1) is 14.0. The number of likely N-dealkylation sites (tertiary alicyclic amines) is 1. The summed E-state index contributed by atoms with van der Waals surface area (Å²) in [4.78, 5) is 22.8. The van der Waals surface area contributed by atoms with E-state index in [0.717, 1.165) is 35.9 Å². The summed E-state index contributed by atoms with van der Waals surface area (Å²) in [5.74, 6) is 0.726. The molecule has 1 aliphatic heterocycles. The third-order valence-electron chi connectivity index (χ3n) is 4.82. The molecule has 166 valence electrons. The number of nitrogens with zero attached hydrogens (tertiary/aromatic N) is 5. The minimum absolute atomic E-state index is 0.104. The molecule has 10 heteroatoms. The molecular formula is C20H34N6O3Si. The number of amides is 1. The predicted octanol–water partition coefficient (Wildman–Crippen LogP) is 3.56. The van der Waals surface area contributed by atoms with Crippen molar-refractivity contribution in [2.24, 2.45) is 0 Å². The Balaban J connectivity index is 1.60. The Hall–Kier alpha value is -2.20. The zero-order valence-electron chi connectivity index (χ0n) is 18.9. The van der Waals surface area contributed by atoms with E-state index < -0.39 is 13.7 Å². The number of hydrogen-bond donors (Lipinski definition) is 1. The van der Waals surface area contributed by atoms with Crippen molar-refractivity contribution in [1.82, 2.24) is 24.6 Å². The van der Waals surface area contributed by atoms with Gasteiger partial charge in [0.15, 0.2) is 5.65 Å². The summed E-state index contributed by atoms with van der Waals surface area (Å²) < 4.78 is 13.0. The molecule has 3 rings (SSSR count). The molecule has 0 aliphatic carbocycles. The van der Waals surface area contributed by atoms with Crippen LogP contribution in [0.25, 0.3) is 11.0 Å². The van der Waals surface area contributed by atoms with Crippen molar-refractivity contribution in [1.29, 1.82) is 0 Å². The van der Waals surface area contributed by atoms with E-state index in [2.05, 4.69) is 40.0 Å². The fourth-order valence-corrected chi connectivity index (χ4v) is 3.95. The Morgan fingerprint density at radius 2 is 2.07 bits per heavy atom. The summed E-state index contributed by atoms with van der Waals surface area (Å²) in [7, 11) is -1.12. The van der Waals surface area contributed by atoms with Crippen LogP contribution in [0.1, 0.15) is 27.2 Å². The lowest BCUT2D eigenvalue weighted by molar-refractivity contribution is 0.0293. The highest BCUT2D eigenvalue weighted by atomic mass is 28.3. The highest BCUT2D eigenvalue weighted by molar-refractivity contribution is 6.76. The standard InChI is InChI=1S/C20H34N6O3Si/c1-20(2,3)29-19(27)25-8-7-15(12-25)24-17-16-11-23-26(18(16)22-13-21-17)14-28-9-10-30(4,5)6/h11,13,15H,7-10,12,14H2,1-6H3,(H,21,22,24)/t15-/m0/s1. The lowest BCUT2D eigenvalue weighted by Gasteiger charge is -2.24. The maximum atomic E-state index is 12.3. The van der Waals surface area contributed by atoms with Gasteiger partial charge in [0.1, 0.15) is 24.5 Å². The van der Waals surface area contributed by atoms with Gasteiger partial charge >= 0.3 is 6.09 Å². The quantitative estimate of drug-likeness (QED) is 0.526. The monoisotopic (exact) mass is 434 g/mol. The molecule has 1 aliphatic rings. The van der Waals surface area contributed by atoms with E-state index in [4.69, 9.17) is 9.47 Å². The van der Waals surface area contributed by atoms with E-state index in [1.54, 1.807) is 15.8 Å². The summed E-state index contributed by atoms with van der Waals surface area (Å²) in [6.07, 6.45) is 3.85. The van der Waals surface area contributed by atoms with Crippen LogP contribution < -0.4 is 5.32 Å². The predicted molar refractivity (Wildman–Crippen MR) is 119 cm³/mol. The van der Waals surface area contributed by atoms with Gasteiger partial charge in [-0.15, -0.1) is 0 Å². The average Bonchev–Trinajstić information content (AvgIpc) is 3.24. The lowest BCUT2D eigenvalue weighted by Crippen LogP contribution is -2.36. The lowest BCUT2D eigenvalue weighted by atomic mass is 10.2. The van der Waals surface area contributed by atoms with E-state index in [9.17, 15) is 4.79 Å². The maximum Gasteiger partial charge on any atom is 0.410 e. The van der Waals surface area contributed by atoms with Crippen LogP contribution >= 0.6 is 0 Å². The molecule has 0 aromatic carbocycles. The molecule has 0 unspecified atom stereocenters. The molecule has 1 fully saturated rings. The normalized spacial score (nSPS) is 17.5. The first-order valence-electron chi connectivity index (χ1n) is 10.5. The Morgan fingerprint density at radius 3 is 2.77 bits per heavy atom. The molecule has 0 radical (unpaired) electrons. The van der Waals surface area contributed by atoms with Crippen LogP contribution in [0, 0.1) is 0 Å². The van der Waals surface area contributed by atoms with Gasteiger partial charge in [0.2, 0.25) is 0 Å². The third kappa shape index (κ3) is 6.15. The van der Waals surface area contributed by atoms with Gasteiger partial charge in [-0.25, -0.2) is 19.4 Å². The van der Waals surface area contributed by atoms with E-state index in [0.29, 0.717) is 19.8 Å². The van der Waals surface area contributed by atoms with Gasteiger partial charge in [0.25, 0.3) is 0 Å². The molecule has 0 bridgehead atoms. The Morgan fingerprint density at radius 1 is 1.30 bits per heavy atom. The zero-order chi connectivity index (χ0) is 21.9. The number of nitrogens with one attached hydrogen (secondary N) is 1. The van der Waals surface area contributed by atoms with Gasteiger partial charge in [-0.1, -0.05) is 19.6 Å². The summed E-state index contributed by atoms with van der Waals surface area (Å²) in [6, 6.07) is 1.22. The fourth-order valence-electron chi connectivity index (χ4n) is 3.20. The van der Waals surface area contributed by atoms with Crippen molar-refractivity contribution in [3.63, 3.8) is 0 Å². The van der Waals surface area contributed by atoms with E-state index in [1.165, 1.54) is 6.33 Å². The highest BCUT2D eigenvalue weighted by Crippen LogP contribution is 2.23. The number of carbonyl (C=O) groups excluding carboxylic acids is 1. The number of rotatable bonds is 7. The molecular weight excluding hydrogens is 400 g/mol. The molecule has 1 N–H and O–H groups in total. The van der Waals surface area contributed by atoms with Crippen molar-refractivity contribution < 1.29 is 14.3 Å². The fraction of sp³-hybridized carbons (Fsp3) is 0.700. The SMILES string of the molecule is CC(C)(C)OC(=O)N1CC[C@H](Nc2ncnc3c2cnn3COCC[Si](C)(C)C)C1. The topological polar surface area (TPSA) is 94.4 Å². The number of aromatic nitrogens is 4. The van der Waals surface area contributed by atoms with Gasteiger partial charge in [0, 0.05) is 33.8 Å². The molecule has 1 atom stereocenters. The molecule has 2 aromatic rings. The largest absolute Gasteiger partial charge is 0.444 e. The first-order valence-corrected chi connectivity index (χ1v) is 14.2. The van der Waals surface area contributed by atoms with Crippen molar-refractivity contribution in [3.8, 4) is 0 Å². The van der Waals surface area contributed by atoms with Crippen molar-refractivity contribution in [2.75, 3.05) is 25.0 Å². The Kier molecular flexibility index (Phi) is 6.66. The first kappa shape index (κ1) is 22.5. The second-order valence-electron chi connectivity index (χ2n) is 10.0. The highest BCUT2D eigenvalue weighted by Gasteiger charge is 2.30. The van der Waals surface area contributed by atoms with Crippen LogP contribution in [-0.4, -0.2) is 70.2 Å². The zero-order valence-corrected chi connectivity index (χ0v) is 19.9. The van der Waals surface area contributed by atoms with Crippen molar-refractivity contribution in [3.05, 3.63) is 12.5 Å². The van der Waals surface area contributed by atoms with Crippen LogP contribution in [0.4, 0.5) is 10.6 Å². The molecule has 9 nitrogen and oxygen atoms in total. The summed E-state index contributed by atoms with van der Waals surface area (Å²) in [5.41, 5.74) is 0.246. The molecule has 0 saturated carbocycles. The van der Waals surface area contributed by atoms with Gasteiger partial charge in [0.05, 0.1) is 11.6 Å². The van der Waals surface area contributed by atoms with Crippen LogP contribution in [0.5, 0.6) is 0 Å². The van der Waals surface area contributed by atoms with Crippen LogP contribution in [0.2, 0.25) is 25.7 Å².